The number of halogens is 1. The molecule has 1 heterocycles. The van der Waals surface area contributed by atoms with E-state index in [4.69, 9.17) is 5.73 Å². The summed E-state index contributed by atoms with van der Waals surface area (Å²) in [7, 11) is 0. The Labute approximate surface area is 120 Å². The SMILES string of the molecule is CCc1nc(N)nc(NC(C)c2cccc(Br)c2)n1. The average Bonchev–Trinajstić information content (AvgIpc) is 2.38. The Morgan fingerprint density at radius 2 is 2.11 bits per heavy atom. The number of nitrogen functional groups attached to an aromatic ring is 1. The Hall–Kier alpha value is -1.69. The standard InChI is InChI=1S/C13H16BrN5/c1-3-11-17-12(15)19-13(18-11)16-8(2)9-5-4-6-10(14)7-9/h4-8H,3H2,1-2H3,(H3,15,16,17,18,19). The Balaban J connectivity index is 2.18. The van der Waals surface area contributed by atoms with Gasteiger partial charge in [0.05, 0.1) is 6.04 Å². The zero-order valence-electron chi connectivity index (χ0n) is 10.9. The highest BCUT2D eigenvalue weighted by molar-refractivity contribution is 9.10. The van der Waals surface area contributed by atoms with Gasteiger partial charge in [-0.2, -0.15) is 15.0 Å². The van der Waals surface area contributed by atoms with Gasteiger partial charge in [-0.25, -0.2) is 0 Å². The topological polar surface area (TPSA) is 76.7 Å². The van der Waals surface area contributed by atoms with E-state index in [1.165, 1.54) is 0 Å². The van der Waals surface area contributed by atoms with E-state index in [0.29, 0.717) is 11.8 Å². The van der Waals surface area contributed by atoms with Crippen molar-refractivity contribution in [1.29, 1.82) is 0 Å². The molecule has 0 spiro atoms. The molecular formula is C13H16BrN5. The Bertz CT molecular complexity index is 573. The number of nitrogens with one attached hydrogen (secondary N) is 1. The molecule has 0 amide bonds. The van der Waals surface area contributed by atoms with Crippen molar-refractivity contribution < 1.29 is 0 Å². The Morgan fingerprint density at radius 3 is 2.79 bits per heavy atom. The van der Waals surface area contributed by atoms with Gasteiger partial charge >= 0.3 is 0 Å². The van der Waals surface area contributed by atoms with Gasteiger partial charge in [-0.05, 0) is 24.6 Å². The highest BCUT2D eigenvalue weighted by atomic mass is 79.9. The highest BCUT2D eigenvalue weighted by Gasteiger charge is 2.09. The third-order valence-electron chi connectivity index (χ3n) is 2.71. The van der Waals surface area contributed by atoms with Crippen molar-refractivity contribution in [2.45, 2.75) is 26.3 Å². The van der Waals surface area contributed by atoms with Crippen LogP contribution >= 0.6 is 15.9 Å². The number of benzene rings is 1. The molecule has 0 bridgehead atoms. The molecule has 100 valence electrons. The summed E-state index contributed by atoms with van der Waals surface area (Å²) in [5, 5.41) is 3.24. The van der Waals surface area contributed by atoms with Gasteiger partial charge in [0.25, 0.3) is 0 Å². The van der Waals surface area contributed by atoms with Crippen LogP contribution in [0.5, 0.6) is 0 Å². The summed E-state index contributed by atoms with van der Waals surface area (Å²) >= 11 is 3.46. The quantitative estimate of drug-likeness (QED) is 0.905. The lowest BCUT2D eigenvalue weighted by atomic mass is 10.1. The van der Waals surface area contributed by atoms with Gasteiger partial charge in [0, 0.05) is 10.9 Å². The van der Waals surface area contributed by atoms with Crippen LogP contribution in [0.25, 0.3) is 0 Å². The maximum atomic E-state index is 5.66. The van der Waals surface area contributed by atoms with Crippen molar-refractivity contribution in [3.05, 3.63) is 40.1 Å². The Kier molecular flexibility index (Phi) is 4.31. The number of nitrogens with zero attached hydrogens (tertiary/aromatic N) is 3. The molecule has 0 aliphatic heterocycles. The molecule has 3 N–H and O–H groups in total. The third-order valence-corrected chi connectivity index (χ3v) is 3.20. The first-order valence-corrected chi connectivity index (χ1v) is 6.90. The van der Waals surface area contributed by atoms with Gasteiger partial charge in [0.15, 0.2) is 0 Å². The molecule has 0 fully saturated rings. The summed E-state index contributed by atoms with van der Waals surface area (Å²) < 4.78 is 1.04. The maximum absolute atomic E-state index is 5.66. The lowest BCUT2D eigenvalue weighted by Gasteiger charge is -2.15. The summed E-state index contributed by atoms with van der Waals surface area (Å²) in [4.78, 5) is 12.5. The number of hydrogen-bond acceptors (Lipinski definition) is 5. The lowest BCUT2D eigenvalue weighted by Crippen LogP contribution is -2.12. The number of nitrogens with two attached hydrogens (primary N) is 1. The summed E-state index contributed by atoms with van der Waals surface area (Å²) in [5.41, 5.74) is 6.81. The molecule has 1 unspecified atom stereocenters. The first-order valence-electron chi connectivity index (χ1n) is 6.11. The number of hydrogen-bond donors (Lipinski definition) is 2. The van der Waals surface area contributed by atoms with Crippen LogP contribution in [0.3, 0.4) is 0 Å². The smallest absolute Gasteiger partial charge is 0.228 e. The van der Waals surface area contributed by atoms with E-state index in [0.717, 1.165) is 16.5 Å². The van der Waals surface area contributed by atoms with Gasteiger partial charge in [0.2, 0.25) is 11.9 Å². The molecule has 19 heavy (non-hydrogen) atoms. The van der Waals surface area contributed by atoms with Crippen molar-refractivity contribution >= 4 is 27.8 Å². The molecule has 0 aliphatic rings. The largest absolute Gasteiger partial charge is 0.368 e. The van der Waals surface area contributed by atoms with E-state index in [1.807, 2.05) is 32.0 Å². The maximum Gasteiger partial charge on any atom is 0.228 e. The van der Waals surface area contributed by atoms with Gasteiger partial charge in [-0.3, -0.25) is 0 Å². The second kappa shape index (κ2) is 5.97. The zero-order valence-corrected chi connectivity index (χ0v) is 12.5. The van der Waals surface area contributed by atoms with Crippen molar-refractivity contribution in [1.82, 2.24) is 15.0 Å². The van der Waals surface area contributed by atoms with Gasteiger partial charge in [-0.15, -0.1) is 0 Å². The molecule has 6 heteroatoms. The van der Waals surface area contributed by atoms with E-state index >= 15 is 0 Å². The molecule has 0 saturated carbocycles. The van der Waals surface area contributed by atoms with Gasteiger partial charge in [0.1, 0.15) is 5.82 Å². The van der Waals surface area contributed by atoms with Crippen LogP contribution in [-0.2, 0) is 6.42 Å². The van der Waals surface area contributed by atoms with Crippen molar-refractivity contribution in [2.24, 2.45) is 0 Å². The van der Waals surface area contributed by atoms with E-state index < -0.39 is 0 Å². The monoisotopic (exact) mass is 321 g/mol. The molecule has 2 aromatic rings. The molecule has 0 saturated heterocycles. The molecular weight excluding hydrogens is 306 g/mol. The fraction of sp³-hybridized carbons (Fsp3) is 0.308. The normalized spacial score (nSPS) is 12.2. The summed E-state index contributed by atoms with van der Waals surface area (Å²) in [6.45, 7) is 4.03. The van der Waals surface area contributed by atoms with E-state index in [-0.39, 0.29) is 12.0 Å². The molecule has 2 rings (SSSR count). The van der Waals surface area contributed by atoms with Gasteiger partial charge < -0.3 is 11.1 Å². The second-order valence-corrected chi connectivity index (χ2v) is 5.12. The van der Waals surface area contributed by atoms with Crippen LogP contribution in [0, 0.1) is 0 Å². The first-order chi connectivity index (χ1) is 9.08. The third kappa shape index (κ3) is 3.64. The minimum absolute atomic E-state index is 0.0870. The number of rotatable bonds is 4. The second-order valence-electron chi connectivity index (χ2n) is 4.21. The zero-order chi connectivity index (χ0) is 13.8. The molecule has 1 aromatic carbocycles. The predicted molar refractivity (Wildman–Crippen MR) is 79.8 cm³/mol. The lowest BCUT2D eigenvalue weighted by molar-refractivity contribution is 0.834. The Morgan fingerprint density at radius 1 is 1.32 bits per heavy atom. The van der Waals surface area contributed by atoms with Crippen molar-refractivity contribution in [3.63, 3.8) is 0 Å². The molecule has 1 atom stereocenters. The van der Waals surface area contributed by atoms with Crippen LogP contribution in [0.4, 0.5) is 11.9 Å². The molecule has 1 aromatic heterocycles. The van der Waals surface area contributed by atoms with Gasteiger partial charge in [-0.1, -0.05) is 35.0 Å². The minimum Gasteiger partial charge on any atom is -0.368 e. The number of aryl methyl sites for hydroxylation is 1. The van der Waals surface area contributed by atoms with E-state index in [9.17, 15) is 0 Å². The minimum atomic E-state index is 0.0870. The van der Waals surface area contributed by atoms with Crippen LogP contribution in [-0.4, -0.2) is 15.0 Å². The first kappa shape index (κ1) is 13.7. The summed E-state index contributed by atoms with van der Waals surface area (Å²) in [6, 6.07) is 8.18. The number of aromatic nitrogens is 3. The van der Waals surface area contributed by atoms with Crippen LogP contribution in [0.1, 0.15) is 31.3 Å². The van der Waals surface area contributed by atoms with Crippen molar-refractivity contribution in [2.75, 3.05) is 11.1 Å². The van der Waals surface area contributed by atoms with E-state index in [2.05, 4.69) is 42.3 Å². The fourth-order valence-electron chi connectivity index (χ4n) is 1.71. The summed E-state index contributed by atoms with van der Waals surface area (Å²) in [6.07, 6.45) is 0.729. The van der Waals surface area contributed by atoms with Crippen LogP contribution in [0.2, 0.25) is 0 Å². The van der Waals surface area contributed by atoms with E-state index in [1.54, 1.807) is 0 Å². The molecule has 5 nitrogen and oxygen atoms in total. The van der Waals surface area contributed by atoms with Crippen LogP contribution in [0.15, 0.2) is 28.7 Å². The average molecular weight is 322 g/mol. The fourth-order valence-corrected chi connectivity index (χ4v) is 2.13. The predicted octanol–water partition coefficient (Wildman–Crippen LogP) is 2.95. The van der Waals surface area contributed by atoms with Crippen molar-refractivity contribution in [3.8, 4) is 0 Å². The summed E-state index contributed by atoms with van der Waals surface area (Å²) in [5.74, 6) is 1.45. The number of anilines is 2. The molecule has 0 aliphatic carbocycles. The van der Waals surface area contributed by atoms with Crippen LogP contribution < -0.4 is 11.1 Å². The molecule has 0 radical (unpaired) electrons. The highest BCUT2D eigenvalue weighted by Crippen LogP contribution is 2.20.